The zero-order valence-corrected chi connectivity index (χ0v) is 26.3. The van der Waals surface area contributed by atoms with Crippen LogP contribution in [0.3, 0.4) is 0 Å². The Hall–Kier alpha value is -4.64. The van der Waals surface area contributed by atoms with E-state index in [1.54, 1.807) is 37.1 Å². The lowest BCUT2D eigenvalue weighted by Crippen LogP contribution is -2.39. The summed E-state index contributed by atoms with van der Waals surface area (Å²) in [5.41, 5.74) is 3.53. The van der Waals surface area contributed by atoms with E-state index in [9.17, 15) is 22.4 Å². The molecule has 0 spiro atoms. The number of aromatic nitrogens is 1. The van der Waals surface area contributed by atoms with Gasteiger partial charge in [-0.2, -0.15) is 0 Å². The highest BCUT2D eigenvalue weighted by Crippen LogP contribution is 2.42. The average Bonchev–Trinajstić information content (AvgIpc) is 3.65. The van der Waals surface area contributed by atoms with E-state index in [-0.39, 0.29) is 24.0 Å². The Bertz CT molecular complexity index is 2050. The smallest absolute Gasteiger partial charge is 0.270 e. The molecule has 1 amide bonds. The number of anilines is 1. The molecule has 45 heavy (non-hydrogen) atoms. The minimum Gasteiger partial charge on any atom is -0.495 e. The third-order valence-electron chi connectivity index (χ3n) is 8.60. The van der Waals surface area contributed by atoms with Gasteiger partial charge in [0.1, 0.15) is 28.6 Å². The molecule has 5 aromatic rings. The lowest BCUT2D eigenvalue weighted by atomic mass is 9.87. The maximum absolute atomic E-state index is 13.8. The summed E-state index contributed by atoms with van der Waals surface area (Å²) in [7, 11) is -0.618. The van der Waals surface area contributed by atoms with E-state index < -0.39 is 15.8 Å². The molecule has 0 unspecified atom stereocenters. The van der Waals surface area contributed by atoms with E-state index in [1.807, 2.05) is 30.3 Å². The number of furan rings is 1. The van der Waals surface area contributed by atoms with Crippen LogP contribution < -0.4 is 9.04 Å². The molecule has 1 fully saturated rings. The van der Waals surface area contributed by atoms with Crippen molar-refractivity contribution in [2.24, 2.45) is 0 Å². The minimum absolute atomic E-state index is 0.155. The number of carbonyl (C=O) groups is 2. The zero-order valence-electron chi connectivity index (χ0n) is 25.5. The van der Waals surface area contributed by atoms with Crippen molar-refractivity contribution in [1.29, 1.82) is 0 Å². The van der Waals surface area contributed by atoms with Crippen molar-refractivity contribution >= 4 is 49.3 Å². The summed E-state index contributed by atoms with van der Waals surface area (Å²) in [6, 6.07) is 16.6. The molecule has 1 N–H and O–H groups in total. The second kappa shape index (κ2) is 11.7. The number of ether oxygens (including phenoxy) is 1. The number of rotatable bonds is 8. The van der Waals surface area contributed by atoms with Crippen molar-refractivity contribution in [3.8, 4) is 17.1 Å². The highest BCUT2D eigenvalue weighted by atomic mass is 32.2. The molecule has 0 radical (unpaired) electrons. The van der Waals surface area contributed by atoms with Crippen molar-refractivity contribution in [1.82, 2.24) is 9.88 Å². The van der Waals surface area contributed by atoms with E-state index >= 15 is 0 Å². The standard InChI is InChI=1S/C34H34FN3O6S/c1-5-28(39)31-25-17-24(27(37(2)45(4,41)42)18-30(25)44-33(31)20-11-13-23(35)14-12-20)22-9-7-15-38(19-22)34(40)26-16-21-8-6-10-29(43-3)32(21)36-26/h6,8,10-14,16-18,22,36H,5,7,9,15,19H2,1-4H3/t22-/m1/s1. The van der Waals surface area contributed by atoms with Crippen LogP contribution in [-0.4, -0.2) is 63.5 Å². The second-order valence-corrected chi connectivity index (χ2v) is 13.4. The summed E-state index contributed by atoms with van der Waals surface area (Å²) in [6.45, 7) is 2.65. The Labute approximate surface area is 260 Å². The number of H-pyrrole nitrogens is 1. The molecule has 6 rings (SSSR count). The summed E-state index contributed by atoms with van der Waals surface area (Å²) < 4.78 is 52.2. The molecule has 9 nitrogen and oxygen atoms in total. The molecule has 1 aliphatic heterocycles. The number of hydrogen-bond donors (Lipinski definition) is 1. The Morgan fingerprint density at radius 3 is 2.58 bits per heavy atom. The van der Waals surface area contributed by atoms with Crippen LogP contribution in [0.25, 0.3) is 33.2 Å². The lowest BCUT2D eigenvalue weighted by Gasteiger charge is -2.34. The third kappa shape index (κ3) is 5.56. The van der Waals surface area contributed by atoms with E-state index in [0.717, 1.165) is 17.2 Å². The first kappa shape index (κ1) is 30.4. The number of likely N-dealkylation sites (tertiary alicyclic amines) is 1. The fraction of sp³-hybridized carbons (Fsp3) is 0.294. The molecular formula is C34H34FN3O6S. The van der Waals surface area contributed by atoms with Crippen molar-refractivity contribution in [3.05, 3.63) is 83.3 Å². The number of sulfonamides is 1. The van der Waals surface area contributed by atoms with Gasteiger partial charge in [0, 0.05) is 54.9 Å². The van der Waals surface area contributed by atoms with Crippen LogP contribution in [0.2, 0.25) is 0 Å². The van der Waals surface area contributed by atoms with Gasteiger partial charge < -0.3 is 19.0 Å². The maximum Gasteiger partial charge on any atom is 0.270 e. The average molecular weight is 632 g/mol. The number of aromatic amines is 1. The van der Waals surface area contributed by atoms with Gasteiger partial charge in [-0.25, -0.2) is 12.8 Å². The predicted molar refractivity (Wildman–Crippen MR) is 172 cm³/mol. The van der Waals surface area contributed by atoms with Crippen LogP contribution >= 0.6 is 0 Å². The largest absolute Gasteiger partial charge is 0.495 e. The van der Waals surface area contributed by atoms with Gasteiger partial charge in [-0.05, 0) is 60.9 Å². The molecule has 2 aromatic heterocycles. The quantitative estimate of drug-likeness (QED) is 0.190. The Kier molecular flexibility index (Phi) is 7.90. The van der Waals surface area contributed by atoms with Crippen LogP contribution in [0.1, 0.15) is 58.5 Å². The number of piperidine rings is 1. The topological polar surface area (TPSA) is 113 Å². The number of ketones is 1. The fourth-order valence-corrected chi connectivity index (χ4v) is 6.70. The number of hydrogen-bond acceptors (Lipinski definition) is 6. The monoisotopic (exact) mass is 631 g/mol. The molecular weight excluding hydrogens is 597 g/mol. The molecule has 3 heterocycles. The molecule has 1 saturated heterocycles. The molecule has 1 atom stereocenters. The van der Waals surface area contributed by atoms with Gasteiger partial charge in [0.15, 0.2) is 5.78 Å². The third-order valence-corrected chi connectivity index (χ3v) is 9.79. The van der Waals surface area contributed by atoms with Gasteiger partial charge in [0.25, 0.3) is 5.91 Å². The van der Waals surface area contributed by atoms with Gasteiger partial charge >= 0.3 is 0 Å². The van der Waals surface area contributed by atoms with Crippen LogP contribution in [0.4, 0.5) is 10.1 Å². The first-order chi connectivity index (χ1) is 21.5. The van der Waals surface area contributed by atoms with E-state index in [0.29, 0.717) is 76.5 Å². The highest BCUT2D eigenvalue weighted by molar-refractivity contribution is 7.92. The highest BCUT2D eigenvalue weighted by Gasteiger charge is 2.32. The zero-order chi connectivity index (χ0) is 32.0. The first-order valence-electron chi connectivity index (χ1n) is 14.8. The number of para-hydroxylation sites is 1. The van der Waals surface area contributed by atoms with Crippen molar-refractivity contribution in [3.63, 3.8) is 0 Å². The molecule has 0 bridgehead atoms. The Morgan fingerprint density at radius 1 is 1.13 bits per heavy atom. The van der Waals surface area contributed by atoms with E-state index in [1.165, 1.54) is 23.5 Å². The number of nitrogens with zero attached hydrogens (tertiary/aromatic N) is 2. The van der Waals surface area contributed by atoms with Gasteiger partial charge in [0.05, 0.1) is 30.1 Å². The van der Waals surface area contributed by atoms with Crippen LogP contribution in [0.5, 0.6) is 5.75 Å². The molecule has 0 aliphatic carbocycles. The van der Waals surface area contributed by atoms with E-state index in [4.69, 9.17) is 9.15 Å². The minimum atomic E-state index is -3.68. The number of carbonyl (C=O) groups excluding carboxylic acids is 2. The molecule has 3 aromatic carbocycles. The number of methoxy groups -OCH3 is 1. The summed E-state index contributed by atoms with van der Waals surface area (Å²) in [5, 5.41) is 1.41. The van der Waals surface area contributed by atoms with Gasteiger partial charge in [-0.3, -0.25) is 13.9 Å². The van der Waals surface area contributed by atoms with Gasteiger partial charge in [-0.1, -0.05) is 19.1 Å². The molecule has 11 heteroatoms. The van der Waals surface area contributed by atoms with Crippen molar-refractivity contribution in [2.45, 2.75) is 32.1 Å². The normalized spacial score (nSPS) is 15.5. The maximum atomic E-state index is 13.8. The first-order valence-corrected chi connectivity index (χ1v) is 16.6. The summed E-state index contributed by atoms with van der Waals surface area (Å²) in [4.78, 5) is 32.1. The van der Waals surface area contributed by atoms with E-state index in [2.05, 4.69) is 4.98 Å². The number of fused-ring (bicyclic) bond motifs is 2. The summed E-state index contributed by atoms with van der Waals surface area (Å²) >= 11 is 0. The van der Waals surface area contributed by atoms with Gasteiger partial charge in [0.2, 0.25) is 10.0 Å². The predicted octanol–water partition coefficient (Wildman–Crippen LogP) is 6.74. The van der Waals surface area contributed by atoms with Crippen LogP contribution in [0.15, 0.2) is 65.1 Å². The number of halogens is 1. The molecule has 1 aliphatic rings. The molecule has 0 saturated carbocycles. The Morgan fingerprint density at radius 2 is 1.89 bits per heavy atom. The van der Waals surface area contributed by atoms with Crippen molar-refractivity contribution < 1.29 is 31.6 Å². The van der Waals surface area contributed by atoms with Crippen LogP contribution in [-0.2, 0) is 10.0 Å². The number of nitrogens with one attached hydrogen (secondary N) is 1. The number of amides is 1. The summed E-state index contributed by atoms with van der Waals surface area (Å²) in [5.74, 6) is -0.0164. The number of benzene rings is 3. The van der Waals surface area contributed by atoms with Crippen LogP contribution in [0, 0.1) is 5.82 Å². The Balaban J connectivity index is 1.45. The second-order valence-electron chi connectivity index (χ2n) is 11.4. The van der Waals surface area contributed by atoms with Crippen molar-refractivity contribution in [2.75, 3.05) is 37.8 Å². The van der Waals surface area contributed by atoms with Gasteiger partial charge in [-0.15, -0.1) is 0 Å². The number of Topliss-reactive ketones (excluding diaryl/α,β-unsaturated/α-hetero) is 1. The lowest BCUT2D eigenvalue weighted by molar-refractivity contribution is 0.0702. The fourth-order valence-electron chi connectivity index (χ4n) is 6.18. The SMILES string of the molecule is CCC(=O)c1c(-c2ccc(F)cc2)oc2cc(N(C)S(C)(=O)=O)c([C@@H]3CCCN(C(=O)c4cc5cccc(OC)c5[nH]4)C3)cc12. The molecule has 234 valence electrons. The summed E-state index contributed by atoms with van der Waals surface area (Å²) in [6.07, 6.45) is 2.75.